The predicted molar refractivity (Wildman–Crippen MR) is 49.0 cm³/mol. The highest BCUT2D eigenvalue weighted by molar-refractivity contribution is 7.88. The molecule has 0 aliphatic carbocycles. The van der Waals surface area contributed by atoms with Gasteiger partial charge in [0.15, 0.2) is 0 Å². The Kier molecular flexibility index (Phi) is 3.27. The van der Waals surface area contributed by atoms with Gasteiger partial charge in [-0.05, 0) is 17.7 Å². The van der Waals surface area contributed by atoms with Crippen molar-refractivity contribution in [3.05, 3.63) is 34.9 Å². The number of hydrogen-bond acceptors (Lipinski definition) is 3. The molecule has 4 nitrogen and oxygen atoms in total. The molecule has 0 heterocycles. The Hall–Kier alpha value is -0.620. The third-order valence-electron chi connectivity index (χ3n) is 1.38. The highest BCUT2D eigenvalue weighted by Gasteiger charge is 2.09. The van der Waals surface area contributed by atoms with Crippen molar-refractivity contribution < 1.29 is 13.6 Å². The lowest BCUT2D eigenvalue weighted by Gasteiger charge is -2.01. The highest BCUT2D eigenvalue weighted by atomic mass is 35.5. The van der Waals surface area contributed by atoms with Crippen LogP contribution in [0.5, 0.6) is 0 Å². The highest BCUT2D eigenvalue weighted by Crippen LogP contribution is 2.12. The van der Waals surface area contributed by atoms with Gasteiger partial charge in [-0.3, -0.25) is 0 Å². The zero-order valence-corrected chi connectivity index (χ0v) is 8.14. The molecular formula is C7H8ClNO3S. The van der Waals surface area contributed by atoms with E-state index >= 15 is 0 Å². The van der Waals surface area contributed by atoms with Crippen molar-refractivity contribution in [1.82, 2.24) is 4.89 Å². The van der Waals surface area contributed by atoms with Crippen molar-refractivity contribution in [3.8, 4) is 0 Å². The first-order chi connectivity index (χ1) is 6.03. The van der Waals surface area contributed by atoms with Crippen molar-refractivity contribution >= 4 is 21.6 Å². The summed E-state index contributed by atoms with van der Waals surface area (Å²) in [7, 11) is -3.64. The molecule has 0 saturated carbocycles. The molecule has 0 atom stereocenters. The largest absolute Gasteiger partial charge is 0.302 e. The second kappa shape index (κ2) is 4.06. The van der Waals surface area contributed by atoms with Crippen molar-refractivity contribution in [3.63, 3.8) is 0 Å². The molecule has 0 unspecified atom stereocenters. The van der Waals surface area contributed by atoms with Crippen molar-refractivity contribution in [1.29, 1.82) is 0 Å². The summed E-state index contributed by atoms with van der Waals surface area (Å²) in [5.41, 5.74) is 0.522. The normalized spacial score (nSPS) is 11.5. The fourth-order valence-electron chi connectivity index (χ4n) is 0.878. The molecule has 1 rings (SSSR count). The van der Waals surface area contributed by atoms with Gasteiger partial charge in [0.05, 0.1) is 5.75 Å². The molecule has 0 saturated heterocycles. The van der Waals surface area contributed by atoms with Crippen LogP contribution in [0.15, 0.2) is 24.3 Å². The van der Waals surface area contributed by atoms with Gasteiger partial charge in [0.2, 0.25) is 10.0 Å². The summed E-state index contributed by atoms with van der Waals surface area (Å²) in [6.07, 6.45) is 0. The molecule has 1 aromatic rings. The van der Waals surface area contributed by atoms with Gasteiger partial charge in [-0.25, -0.2) is 8.42 Å². The van der Waals surface area contributed by atoms with Gasteiger partial charge >= 0.3 is 0 Å². The lowest BCUT2D eigenvalue weighted by Crippen LogP contribution is -2.20. The topological polar surface area (TPSA) is 66.4 Å². The number of hydrogen-bond donors (Lipinski definition) is 2. The van der Waals surface area contributed by atoms with E-state index < -0.39 is 10.0 Å². The van der Waals surface area contributed by atoms with Crippen molar-refractivity contribution in [2.24, 2.45) is 0 Å². The fourth-order valence-corrected chi connectivity index (χ4v) is 1.77. The summed E-state index contributed by atoms with van der Waals surface area (Å²) >= 11 is 5.64. The minimum absolute atomic E-state index is 0.288. The smallest absolute Gasteiger partial charge is 0.237 e. The maximum Gasteiger partial charge on any atom is 0.237 e. The standard InChI is InChI=1S/C7H8ClNO3S/c8-7-3-1-2-6(4-7)5-13(11,12)9-10/h1-4,9-10H,5H2. The van der Waals surface area contributed by atoms with E-state index in [0.717, 1.165) is 0 Å². The van der Waals surface area contributed by atoms with Gasteiger partial charge in [0.25, 0.3) is 0 Å². The first-order valence-corrected chi connectivity index (χ1v) is 5.44. The zero-order valence-electron chi connectivity index (χ0n) is 6.57. The molecule has 0 spiro atoms. The van der Waals surface area contributed by atoms with Crippen LogP contribution < -0.4 is 4.89 Å². The molecule has 6 heteroatoms. The van der Waals surface area contributed by atoms with Crippen LogP contribution in [0.1, 0.15) is 5.56 Å². The van der Waals surface area contributed by atoms with Gasteiger partial charge in [-0.2, -0.15) is 0 Å². The maximum absolute atomic E-state index is 10.9. The van der Waals surface area contributed by atoms with E-state index in [1.165, 1.54) is 11.0 Å². The molecule has 0 fully saturated rings. The molecule has 0 aliphatic heterocycles. The Balaban J connectivity index is 2.87. The minimum atomic E-state index is -3.64. The van der Waals surface area contributed by atoms with Crippen LogP contribution >= 0.6 is 11.6 Å². The Morgan fingerprint density at radius 1 is 1.46 bits per heavy atom. The van der Waals surface area contributed by atoms with Gasteiger partial charge in [-0.1, -0.05) is 28.6 Å². The third-order valence-corrected chi connectivity index (χ3v) is 2.61. The van der Waals surface area contributed by atoms with Gasteiger partial charge < -0.3 is 5.21 Å². The fraction of sp³-hybridized carbons (Fsp3) is 0.143. The van der Waals surface area contributed by atoms with Gasteiger partial charge in [0.1, 0.15) is 0 Å². The Morgan fingerprint density at radius 2 is 2.15 bits per heavy atom. The summed E-state index contributed by atoms with van der Waals surface area (Å²) < 4.78 is 21.8. The van der Waals surface area contributed by atoms with Crippen LogP contribution in [-0.4, -0.2) is 13.6 Å². The monoisotopic (exact) mass is 221 g/mol. The molecule has 0 bridgehead atoms. The van der Waals surface area contributed by atoms with Gasteiger partial charge in [0, 0.05) is 5.02 Å². The first kappa shape index (κ1) is 10.5. The predicted octanol–water partition coefficient (Wildman–Crippen LogP) is 1.15. The van der Waals surface area contributed by atoms with E-state index in [4.69, 9.17) is 16.8 Å². The van der Waals surface area contributed by atoms with E-state index in [9.17, 15) is 8.42 Å². The number of rotatable bonds is 3. The van der Waals surface area contributed by atoms with Crippen LogP contribution in [0.4, 0.5) is 0 Å². The van der Waals surface area contributed by atoms with Crippen LogP contribution in [0.2, 0.25) is 5.02 Å². The summed E-state index contributed by atoms with van der Waals surface area (Å²) in [6.45, 7) is 0. The lowest BCUT2D eigenvalue weighted by atomic mass is 10.2. The van der Waals surface area contributed by atoms with E-state index in [0.29, 0.717) is 10.6 Å². The second-order valence-electron chi connectivity index (χ2n) is 2.48. The van der Waals surface area contributed by atoms with Crippen LogP contribution in [0.3, 0.4) is 0 Å². The number of halogens is 1. The number of benzene rings is 1. The summed E-state index contributed by atoms with van der Waals surface area (Å²) in [4.78, 5) is 1.24. The van der Waals surface area contributed by atoms with Gasteiger partial charge in [-0.15, -0.1) is 0 Å². The quantitative estimate of drug-likeness (QED) is 0.753. The average Bonchev–Trinajstić information content (AvgIpc) is 2.03. The maximum atomic E-state index is 10.9. The molecule has 72 valence electrons. The minimum Gasteiger partial charge on any atom is -0.302 e. The summed E-state index contributed by atoms with van der Waals surface area (Å²) in [6, 6.07) is 6.42. The first-order valence-electron chi connectivity index (χ1n) is 3.41. The second-order valence-corrected chi connectivity index (χ2v) is 4.62. The average molecular weight is 222 g/mol. The van der Waals surface area contributed by atoms with Crippen LogP contribution in [-0.2, 0) is 15.8 Å². The summed E-state index contributed by atoms with van der Waals surface area (Å²) in [5.74, 6) is -0.288. The molecule has 0 amide bonds. The van der Waals surface area contributed by atoms with Crippen molar-refractivity contribution in [2.45, 2.75) is 5.75 Å². The molecule has 2 N–H and O–H groups in total. The van der Waals surface area contributed by atoms with E-state index in [1.54, 1.807) is 18.2 Å². The van der Waals surface area contributed by atoms with Crippen molar-refractivity contribution in [2.75, 3.05) is 0 Å². The number of sulfonamides is 1. The summed E-state index contributed by atoms with van der Waals surface area (Å²) in [5, 5.41) is 8.72. The molecule has 0 radical (unpaired) electrons. The van der Waals surface area contributed by atoms with Crippen LogP contribution in [0.25, 0.3) is 0 Å². The van der Waals surface area contributed by atoms with E-state index in [2.05, 4.69) is 0 Å². The molecule has 0 aliphatic rings. The SMILES string of the molecule is O=S(=O)(Cc1cccc(Cl)c1)NO. The van der Waals surface area contributed by atoms with E-state index in [-0.39, 0.29) is 5.75 Å². The Labute approximate surface area is 81.2 Å². The Morgan fingerprint density at radius 3 is 2.69 bits per heavy atom. The molecular weight excluding hydrogens is 214 g/mol. The lowest BCUT2D eigenvalue weighted by molar-refractivity contribution is 0.242. The van der Waals surface area contributed by atoms with E-state index in [1.807, 2.05) is 0 Å². The third kappa shape index (κ3) is 3.31. The molecule has 13 heavy (non-hydrogen) atoms. The zero-order chi connectivity index (χ0) is 9.90. The molecule has 1 aromatic carbocycles. The number of nitrogens with one attached hydrogen (secondary N) is 1. The van der Waals surface area contributed by atoms with Crippen LogP contribution in [0, 0.1) is 0 Å². The molecule has 0 aromatic heterocycles. The Bertz CT molecular complexity index is 390.